The Morgan fingerprint density at radius 1 is 0.929 bits per heavy atom. The highest BCUT2D eigenvalue weighted by atomic mass is 79.9. The molecule has 0 bridgehead atoms. The number of anilines is 1. The number of benzene rings is 2. The quantitative estimate of drug-likeness (QED) is 0.618. The van der Waals surface area contributed by atoms with Crippen molar-refractivity contribution in [2.75, 3.05) is 12.4 Å². The number of carbonyl (C=O) groups excluding carboxylic acids is 2. The number of halogens is 1. The molecule has 9 heteroatoms. The molecule has 0 radical (unpaired) electrons. The van der Waals surface area contributed by atoms with Crippen LogP contribution in [0, 0.1) is 0 Å². The average Bonchev–Trinajstić information content (AvgIpc) is 2.71. The first-order chi connectivity index (χ1) is 13.5. The van der Waals surface area contributed by atoms with Crippen LogP contribution in [0.15, 0.2) is 65.4 Å². The Labute approximate surface area is 169 Å². The summed E-state index contributed by atoms with van der Waals surface area (Å²) in [7, 11) is 1.53. The van der Waals surface area contributed by atoms with Crippen LogP contribution in [0.5, 0.6) is 17.5 Å². The predicted molar refractivity (Wildman–Crippen MR) is 106 cm³/mol. The van der Waals surface area contributed by atoms with Gasteiger partial charge < -0.3 is 14.8 Å². The molecule has 2 aromatic carbocycles. The summed E-state index contributed by atoms with van der Waals surface area (Å²) in [5, 5.41) is 4.83. The van der Waals surface area contributed by atoms with Gasteiger partial charge in [-0.2, -0.15) is 0 Å². The third-order valence-electron chi connectivity index (χ3n) is 3.50. The lowest BCUT2D eigenvalue weighted by Crippen LogP contribution is -2.34. The van der Waals surface area contributed by atoms with Crippen LogP contribution < -0.4 is 20.1 Å². The maximum atomic E-state index is 12.1. The zero-order valence-corrected chi connectivity index (χ0v) is 16.3. The molecule has 8 nitrogen and oxygen atoms in total. The van der Waals surface area contributed by atoms with Crippen LogP contribution in [-0.4, -0.2) is 29.0 Å². The Morgan fingerprint density at radius 3 is 2.14 bits per heavy atom. The fourth-order valence-corrected chi connectivity index (χ4v) is 2.35. The van der Waals surface area contributed by atoms with Crippen molar-refractivity contribution in [1.82, 2.24) is 15.3 Å². The van der Waals surface area contributed by atoms with Gasteiger partial charge in [0.2, 0.25) is 0 Å². The number of rotatable bonds is 5. The van der Waals surface area contributed by atoms with E-state index in [0.29, 0.717) is 22.7 Å². The van der Waals surface area contributed by atoms with Crippen LogP contribution in [0.2, 0.25) is 0 Å². The molecule has 1 aromatic heterocycles. The third-order valence-corrected chi connectivity index (χ3v) is 3.91. The number of carbonyl (C=O) groups is 2. The second-order valence-electron chi connectivity index (χ2n) is 5.45. The molecule has 2 N–H and O–H groups in total. The maximum Gasteiger partial charge on any atom is 0.326 e. The fraction of sp³-hybridized carbons (Fsp3) is 0.0526. The van der Waals surface area contributed by atoms with Gasteiger partial charge in [-0.1, -0.05) is 0 Å². The third kappa shape index (κ3) is 5.27. The summed E-state index contributed by atoms with van der Waals surface area (Å²) in [4.78, 5) is 32.1. The van der Waals surface area contributed by atoms with Gasteiger partial charge in [0, 0.05) is 23.6 Å². The number of methoxy groups -OCH3 is 1. The lowest BCUT2D eigenvalue weighted by atomic mass is 10.2. The van der Waals surface area contributed by atoms with E-state index in [1.165, 1.54) is 7.11 Å². The Bertz CT molecular complexity index is 961. The van der Waals surface area contributed by atoms with Gasteiger partial charge in [-0.05, 0) is 64.5 Å². The molecule has 3 rings (SSSR count). The van der Waals surface area contributed by atoms with E-state index >= 15 is 0 Å². The summed E-state index contributed by atoms with van der Waals surface area (Å²) in [6.07, 6.45) is 3.14. The van der Waals surface area contributed by atoms with Gasteiger partial charge in [0.25, 0.3) is 5.91 Å². The summed E-state index contributed by atoms with van der Waals surface area (Å²) in [6.45, 7) is 0. The molecule has 3 aromatic rings. The van der Waals surface area contributed by atoms with Crippen molar-refractivity contribution in [3.8, 4) is 17.5 Å². The van der Waals surface area contributed by atoms with Crippen LogP contribution in [-0.2, 0) is 0 Å². The van der Waals surface area contributed by atoms with Gasteiger partial charge in [-0.25, -0.2) is 14.8 Å². The summed E-state index contributed by atoms with van der Waals surface area (Å²) in [5.41, 5.74) is 0.832. The predicted octanol–water partition coefficient (Wildman–Crippen LogP) is 4.00. The molecule has 0 atom stereocenters. The van der Waals surface area contributed by atoms with Crippen LogP contribution in [0.3, 0.4) is 0 Å². The normalized spacial score (nSPS) is 10.1. The second kappa shape index (κ2) is 8.96. The van der Waals surface area contributed by atoms with E-state index in [4.69, 9.17) is 9.47 Å². The smallest absolute Gasteiger partial charge is 0.326 e. The van der Waals surface area contributed by atoms with E-state index in [9.17, 15) is 9.59 Å². The minimum absolute atomic E-state index is 0.201. The van der Waals surface area contributed by atoms with Gasteiger partial charge in [0.15, 0.2) is 0 Å². The average molecular weight is 443 g/mol. The Kier molecular flexibility index (Phi) is 6.18. The largest absolute Gasteiger partial charge is 0.497 e. The van der Waals surface area contributed by atoms with Crippen LogP contribution in [0.1, 0.15) is 10.4 Å². The molecule has 28 heavy (non-hydrogen) atoms. The highest BCUT2D eigenvalue weighted by Crippen LogP contribution is 2.20. The van der Waals surface area contributed by atoms with Gasteiger partial charge >= 0.3 is 12.0 Å². The monoisotopic (exact) mass is 442 g/mol. The van der Waals surface area contributed by atoms with Gasteiger partial charge in [0.05, 0.1) is 11.6 Å². The molecule has 0 aliphatic heterocycles. The van der Waals surface area contributed by atoms with Crippen molar-refractivity contribution in [2.45, 2.75) is 0 Å². The van der Waals surface area contributed by atoms with Crippen LogP contribution in [0.4, 0.5) is 10.5 Å². The van der Waals surface area contributed by atoms with E-state index in [-0.39, 0.29) is 6.01 Å². The van der Waals surface area contributed by atoms with Crippen molar-refractivity contribution >= 4 is 33.6 Å². The first-order valence-electron chi connectivity index (χ1n) is 8.05. The van der Waals surface area contributed by atoms with E-state index in [1.54, 1.807) is 60.9 Å². The lowest BCUT2D eigenvalue weighted by Gasteiger charge is -2.08. The molecule has 0 saturated carbocycles. The topological polar surface area (TPSA) is 102 Å². The molecule has 1 heterocycles. The number of nitrogens with one attached hydrogen (secondary N) is 2. The molecular formula is C19H15BrN4O4. The van der Waals surface area contributed by atoms with Crippen LogP contribution >= 0.6 is 15.9 Å². The molecule has 0 aliphatic carbocycles. The number of aromatic nitrogens is 2. The van der Waals surface area contributed by atoms with Crippen molar-refractivity contribution in [3.05, 3.63) is 71.0 Å². The minimum Gasteiger partial charge on any atom is -0.497 e. The molecule has 0 spiro atoms. The standard InChI is InChI=1S/C19H15BrN4O4/c1-27-15-6-2-12(3-7-15)17(25)24-18(26)23-14-4-8-16(9-5-14)28-19-21-10-13(20)11-22-19/h2-11H,1H3,(H2,23,24,25,26). The number of hydrogen-bond donors (Lipinski definition) is 2. The Morgan fingerprint density at radius 2 is 1.54 bits per heavy atom. The van der Waals surface area contributed by atoms with Gasteiger partial charge in [-0.15, -0.1) is 0 Å². The van der Waals surface area contributed by atoms with Crippen LogP contribution in [0.25, 0.3) is 0 Å². The van der Waals surface area contributed by atoms with Crippen molar-refractivity contribution < 1.29 is 19.1 Å². The van der Waals surface area contributed by atoms with Crippen molar-refractivity contribution in [1.29, 1.82) is 0 Å². The highest BCUT2D eigenvalue weighted by Gasteiger charge is 2.11. The summed E-state index contributed by atoms with van der Waals surface area (Å²) in [5.74, 6) is 0.604. The molecule has 0 unspecified atom stereocenters. The number of hydrogen-bond acceptors (Lipinski definition) is 6. The first kappa shape index (κ1) is 19.3. The van der Waals surface area contributed by atoms with E-state index in [0.717, 1.165) is 4.47 Å². The first-order valence-corrected chi connectivity index (χ1v) is 8.84. The highest BCUT2D eigenvalue weighted by molar-refractivity contribution is 9.10. The van der Waals surface area contributed by atoms with Crippen molar-refractivity contribution in [3.63, 3.8) is 0 Å². The molecule has 0 aliphatic rings. The second-order valence-corrected chi connectivity index (χ2v) is 6.36. The lowest BCUT2D eigenvalue weighted by molar-refractivity contribution is 0.0967. The molecule has 0 fully saturated rings. The number of imide groups is 1. The Balaban J connectivity index is 1.54. The number of ether oxygens (including phenoxy) is 2. The number of urea groups is 1. The fourth-order valence-electron chi connectivity index (χ4n) is 2.14. The molecular weight excluding hydrogens is 428 g/mol. The van der Waals surface area contributed by atoms with E-state index in [1.807, 2.05) is 0 Å². The summed E-state index contributed by atoms with van der Waals surface area (Å²) in [6, 6.07) is 12.5. The number of amides is 3. The van der Waals surface area contributed by atoms with Crippen molar-refractivity contribution in [2.24, 2.45) is 0 Å². The zero-order chi connectivity index (χ0) is 19.9. The molecule has 142 valence electrons. The zero-order valence-electron chi connectivity index (χ0n) is 14.7. The van der Waals surface area contributed by atoms with Gasteiger partial charge in [-0.3, -0.25) is 10.1 Å². The van der Waals surface area contributed by atoms with E-state index in [2.05, 4.69) is 36.5 Å². The molecule has 3 amide bonds. The molecule has 0 saturated heterocycles. The van der Waals surface area contributed by atoms with Gasteiger partial charge in [0.1, 0.15) is 11.5 Å². The maximum absolute atomic E-state index is 12.1. The summed E-state index contributed by atoms with van der Waals surface area (Å²) >= 11 is 3.25. The number of nitrogens with zero attached hydrogens (tertiary/aromatic N) is 2. The SMILES string of the molecule is COc1ccc(C(=O)NC(=O)Nc2ccc(Oc3ncc(Br)cn3)cc2)cc1. The summed E-state index contributed by atoms with van der Waals surface area (Å²) < 4.78 is 11.3. The van der Waals surface area contributed by atoms with E-state index < -0.39 is 11.9 Å². The Hall–Kier alpha value is -3.46. The minimum atomic E-state index is -0.647.